The van der Waals surface area contributed by atoms with Gasteiger partial charge in [-0.1, -0.05) is 13.0 Å². The Morgan fingerprint density at radius 2 is 2.11 bits per heavy atom. The average molecular weight is 258 g/mol. The number of aryl methyl sites for hydroxylation is 1. The van der Waals surface area contributed by atoms with Crippen LogP contribution < -0.4 is 4.90 Å². The lowest BCUT2D eigenvalue weighted by Crippen LogP contribution is -2.31. The molecule has 0 atom stereocenters. The molecule has 1 aromatic rings. The molecular weight excluding hydrogens is 236 g/mol. The van der Waals surface area contributed by atoms with Crippen LogP contribution in [0.5, 0.6) is 0 Å². The summed E-state index contributed by atoms with van der Waals surface area (Å²) in [5.74, 6) is 0.945. The minimum atomic E-state index is 0.548. The van der Waals surface area contributed by atoms with E-state index in [1.807, 2.05) is 19.1 Å². The van der Waals surface area contributed by atoms with Crippen LogP contribution in [0.3, 0.4) is 0 Å². The van der Waals surface area contributed by atoms with Gasteiger partial charge in [-0.15, -0.1) is 0 Å². The number of hydrogen-bond donors (Lipinski definition) is 0. The molecule has 4 nitrogen and oxygen atoms in total. The first-order chi connectivity index (χ1) is 9.24. The van der Waals surface area contributed by atoms with Crippen LogP contribution in [0, 0.1) is 18.3 Å². The molecule has 102 valence electrons. The molecule has 1 aliphatic heterocycles. The van der Waals surface area contributed by atoms with E-state index < -0.39 is 0 Å². The Morgan fingerprint density at radius 1 is 1.26 bits per heavy atom. The Kier molecular flexibility index (Phi) is 4.75. The molecule has 0 unspecified atom stereocenters. The predicted molar refractivity (Wildman–Crippen MR) is 77.3 cm³/mol. The van der Waals surface area contributed by atoms with Gasteiger partial charge in [0.15, 0.2) is 0 Å². The van der Waals surface area contributed by atoms with Gasteiger partial charge in [0, 0.05) is 19.6 Å². The van der Waals surface area contributed by atoms with Crippen LogP contribution in [0.15, 0.2) is 12.1 Å². The van der Waals surface area contributed by atoms with Crippen LogP contribution in [0.4, 0.5) is 5.82 Å². The highest BCUT2D eigenvalue weighted by molar-refractivity contribution is 5.44. The van der Waals surface area contributed by atoms with Crippen molar-refractivity contribution in [3.05, 3.63) is 23.4 Å². The maximum atomic E-state index is 9.07. The van der Waals surface area contributed by atoms with Crippen molar-refractivity contribution < 1.29 is 0 Å². The van der Waals surface area contributed by atoms with Crippen molar-refractivity contribution in [1.29, 1.82) is 5.26 Å². The average Bonchev–Trinajstić information content (AvgIpc) is 2.66. The van der Waals surface area contributed by atoms with Crippen LogP contribution in [-0.2, 0) is 0 Å². The van der Waals surface area contributed by atoms with Crippen molar-refractivity contribution in [3.8, 4) is 6.07 Å². The van der Waals surface area contributed by atoms with Crippen molar-refractivity contribution in [2.24, 2.45) is 0 Å². The Hall–Kier alpha value is -1.60. The van der Waals surface area contributed by atoms with E-state index >= 15 is 0 Å². The Morgan fingerprint density at radius 3 is 2.84 bits per heavy atom. The molecule has 0 aromatic carbocycles. The molecule has 2 rings (SSSR count). The molecule has 0 bridgehead atoms. The molecule has 2 heterocycles. The lowest BCUT2D eigenvalue weighted by atomic mass is 10.2. The summed E-state index contributed by atoms with van der Waals surface area (Å²) >= 11 is 0. The van der Waals surface area contributed by atoms with Gasteiger partial charge < -0.3 is 9.80 Å². The van der Waals surface area contributed by atoms with Gasteiger partial charge in [-0.05, 0) is 44.5 Å². The second kappa shape index (κ2) is 6.53. The number of nitriles is 1. The second-order valence-electron chi connectivity index (χ2n) is 5.13. The van der Waals surface area contributed by atoms with E-state index in [0.29, 0.717) is 5.69 Å². The minimum Gasteiger partial charge on any atom is -0.355 e. The summed E-state index contributed by atoms with van der Waals surface area (Å²) in [5.41, 5.74) is 1.50. The van der Waals surface area contributed by atoms with Crippen LogP contribution in [0.25, 0.3) is 0 Å². The van der Waals surface area contributed by atoms with E-state index in [-0.39, 0.29) is 0 Å². The van der Waals surface area contributed by atoms with Gasteiger partial charge in [0.2, 0.25) is 0 Å². The first kappa shape index (κ1) is 13.8. The van der Waals surface area contributed by atoms with E-state index in [1.165, 1.54) is 19.5 Å². The molecule has 1 saturated heterocycles. The summed E-state index contributed by atoms with van der Waals surface area (Å²) in [6.07, 6.45) is 2.37. The smallest absolute Gasteiger partial charge is 0.145 e. The standard InChI is InChI=1S/C15H22N4/c1-3-7-18-8-4-9-19(11-10-18)15-6-5-13(2)14(12-16)17-15/h5-6H,3-4,7-11H2,1-2H3. The molecule has 0 spiro atoms. The zero-order valence-corrected chi connectivity index (χ0v) is 11.9. The molecule has 0 N–H and O–H groups in total. The van der Waals surface area contributed by atoms with E-state index in [2.05, 4.69) is 27.8 Å². The number of pyridine rings is 1. The third kappa shape index (κ3) is 3.45. The number of anilines is 1. The lowest BCUT2D eigenvalue weighted by molar-refractivity contribution is 0.294. The molecule has 0 amide bonds. The number of nitrogens with zero attached hydrogens (tertiary/aromatic N) is 4. The maximum absolute atomic E-state index is 9.07. The van der Waals surface area contributed by atoms with Crippen LogP contribution in [0.1, 0.15) is 31.0 Å². The highest BCUT2D eigenvalue weighted by atomic mass is 15.2. The normalized spacial score (nSPS) is 17.0. The van der Waals surface area contributed by atoms with Crippen LogP contribution >= 0.6 is 0 Å². The zero-order valence-electron chi connectivity index (χ0n) is 11.9. The number of hydrogen-bond acceptors (Lipinski definition) is 4. The summed E-state index contributed by atoms with van der Waals surface area (Å²) < 4.78 is 0. The molecule has 19 heavy (non-hydrogen) atoms. The summed E-state index contributed by atoms with van der Waals surface area (Å²) in [4.78, 5) is 9.29. The molecule has 1 fully saturated rings. The zero-order chi connectivity index (χ0) is 13.7. The fraction of sp³-hybridized carbons (Fsp3) is 0.600. The van der Waals surface area contributed by atoms with E-state index in [9.17, 15) is 0 Å². The molecule has 0 saturated carbocycles. The Labute approximate surface area is 115 Å². The largest absolute Gasteiger partial charge is 0.355 e. The van der Waals surface area contributed by atoms with Gasteiger partial charge in [-0.3, -0.25) is 0 Å². The monoisotopic (exact) mass is 258 g/mol. The fourth-order valence-electron chi connectivity index (χ4n) is 2.55. The third-order valence-corrected chi connectivity index (χ3v) is 3.64. The van der Waals surface area contributed by atoms with Gasteiger partial charge in [0.25, 0.3) is 0 Å². The van der Waals surface area contributed by atoms with Gasteiger partial charge in [0.05, 0.1) is 0 Å². The SMILES string of the molecule is CCCN1CCCN(c2ccc(C)c(C#N)n2)CC1. The molecule has 1 aromatic heterocycles. The highest BCUT2D eigenvalue weighted by Gasteiger charge is 2.16. The minimum absolute atomic E-state index is 0.548. The van der Waals surface area contributed by atoms with Crippen molar-refractivity contribution >= 4 is 5.82 Å². The second-order valence-corrected chi connectivity index (χ2v) is 5.13. The third-order valence-electron chi connectivity index (χ3n) is 3.64. The summed E-state index contributed by atoms with van der Waals surface area (Å²) in [6.45, 7) is 9.62. The van der Waals surface area contributed by atoms with Gasteiger partial charge in [-0.25, -0.2) is 4.98 Å². The van der Waals surface area contributed by atoms with Crippen molar-refractivity contribution in [1.82, 2.24) is 9.88 Å². The molecule has 1 aliphatic rings. The van der Waals surface area contributed by atoms with Gasteiger partial charge in [-0.2, -0.15) is 5.26 Å². The molecule has 0 aliphatic carbocycles. The molecule has 4 heteroatoms. The van der Waals surface area contributed by atoms with Crippen molar-refractivity contribution in [2.45, 2.75) is 26.7 Å². The summed E-state index contributed by atoms with van der Waals surface area (Å²) in [7, 11) is 0. The number of rotatable bonds is 3. The maximum Gasteiger partial charge on any atom is 0.145 e. The molecular formula is C15H22N4. The lowest BCUT2D eigenvalue weighted by Gasteiger charge is -2.22. The fourth-order valence-corrected chi connectivity index (χ4v) is 2.55. The Balaban J connectivity index is 2.08. The van der Waals surface area contributed by atoms with Gasteiger partial charge >= 0.3 is 0 Å². The number of aromatic nitrogens is 1. The highest BCUT2D eigenvalue weighted by Crippen LogP contribution is 2.16. The molecule has 0 radical (unpaired) electrons. The quantitative estimate of drug-likeness (QED) is 0.833. The van der Waals surface area contributed by atoms with Crippen LogP contribution in [-0.4, -0.2) is 42.6 Å². The first-order valence-electron chi connectivity index (χ1n) is 7.09. The van der Waals surface area contributed by atoms with Gasteiger partial charge in [0.1, 0.15) is 17.6 Å². The topological polar surface area (TPSA) is 43.2 Å². The summed E-state index contributed by atoms with van der Waals surface area (Å²) in [6, 6.07) is 6.20. The van der Waals surface area contributed by atoms with E-state index in [0.717, 1.165) is 37.4 Å². The van der Waals surface area contributed by atoms with Crippen molar-refractivity contribution in [3.63, 3.8) is 0 Å². The predicted octanol–water partition coefficient (Wildman–Crippen LogP) is 2.18. The van der Waals surface area contributed by atoms with E-state index in [4.69, 9.17) is 5.26 Å². The first-order valence-corrected chi connectivity index (χ1v) is 7.09. The van der Waals surface area contributed by atoms with E-state index in [1.54, 1.807) is 0 Å². The van der Waals surface area contributed by atoms with Crippen molar-refractivity contribution in [2.75, 3.05) is 37.6 Å². The Bertz CT molecular complexity index is 464. The summed E-state index contributed by atoms with van der Waals surface area (Å²) in [5, 5.41) is 9.07. The van der Waals surface area contributed by atoms with Crippen LogP contribution in [0.2, 0.25) is 0 Å².